The summed E-state index contributed by atoms with van der Waals surface area (Å²) in [6, 6.07) is 5.86. The summed E-state index contributed by atoms with van der Waals surface area (Å²) in [6.07, 6.45) is 1.79. The topological polar surface area (TPSA) is 12.9 Å². The Morgan fingerprint density at radius 1 is 1.38 bits per heavy atom. The van der Waals surface area contributed by atoms with Crippen molar-refractivity contribution in [2.24, 2.45) is 0 Å². The first-order valence-electron chi connectivity index (χ1n) is 2.27. The van der Waals surface area contributed by atoms with E-state index in [1.165, 1.54) is 0 Å². The first kappa shape index (κ1) is 7.80. The molecule has 0 unspecified atom stereocenters. The fourth-order valence-electron chi connectivity index (χ4n) is 0.448. The average molecular weight is 285 g/mol. The molecule has 1 aromatic rings. The fraction of sp³-hybridized carbons (Fsp3) is 0.167. The SMILES string of the molecule is Cc1ccccn1.[Ir+3]. The number of rotatable bonds is 0. The van der Waals surface area contributed by atoms with Gasteiger partial charge in [-0.3, -0.25) is 4.98 Å². The normalized spacial score (nSPS) is 7.62. The Labute approximate surface area is 62.5 Å². The Hall–Kier alpha value is -0.201. The molecule has 8 heavy (non-hydrogen) atoms. The summed E-state index contributed by atoms with van der Waals surface area (Å²) in [4.78, 5) is 3.98. The molecule has 0 aliphatic rings. The second kappa shape index (κ2) is 3.76. The number of hydrogen-bond donors (Lipinski definition) is 0. The van der Waals surface area contributed by atoms with E-state index in [1.807, 2.05) is 25.1 Å². The summed E-state index contributed by atoms with van der Waals surface area (Å²) in [7, 11) is 0. The summed E-state index contributed by atoms with van der Waals surface area (Å²) in [5.41, 5.74) is 1.07. The molecular weight excluding hydrogens is 278 g/mol. The van der Waals surface area contributed by atoms with Gasteiger partial charge in [0.2, 0.25) is 0 Å². The van der Waals surface area contributed by atoms with Crippen molar-refractivity contribution in [3.05, 3.63) is 30.1 Å². The minimum atomic E-state index is 0. The van der Waals surface area contributed by atoms with Gasteiger partial charge in [-0.2, -0.15) is 0 Å². The van der Waals surface area contributed by atoms with Crippen LogP contribution in [0.1, 0.15) is 5.69 Å². The van der Waals surface area contributed by atoms with Gasteiger partial charge in [-0.25, -0.2) is 0 Å². The van der Waals surface area contributed by atoms with Crippen molar-refractivity contribution in [3.63, 3.8) is 0 Å². The van der Waals surface area contributed by atoms with Gasteiger partial charge in [0.25, 0.3) is 0 Å². The quantitative estimate of drug-likeness (QED) is 0.702. The van der Waals surface area contributed by atoms with Crippen molar-refractivity contribution in [2.75, 3.05) is 0 Å². The van der Waals surface area contributed by atoms with E-state index in [4.69, 9.17) is 0 Å². The smallest absolute Gasteiger partial charge is 0.262 e. The van der Waals surface area contributed by atoms with Gasteiger partial charge in [-0.05, 0) is 19.1 Å². The second-order valence-corrected chi connectivity index (χ2v) is 1.47. The van der Waals surface area contributed by atoms with E-state index < -0.39 is 0 Å². The number of pyridine rings is 1. The van der Waals surface area contributed by atoms with Gasteiger partial charge < -0.3 is 0 Å². The van der Waals surface area contributed by atoms with Gasteiger partial charge in [-0.1, -0.05) is 6.07 Å². The predicted molar refractivity (Wildman–Crippen MR) is 29.0 cm³/mol. The molecule has 0 aliphatic carbocycles. The predicted octanol–water partition coefficient (Wildman–Crippen LogP) is 1.39. The summed E-state index contributed by atoms with van der Waals surface area (Å²) in [6.45, 7) is 1.97. The molecule has 2 heteroatoms. The number of aryl methyl sites for hydroxylation is 1. The van der Waals surface area contributed by atoms with Crippen molar-refractivity contribution in [2.45, 2.75) is 6.92 Å². The molecule has 1 rings (SSSR count). The van der Waals surface area contributed by atoms with E-state index >= 15 is 0 Å². The Balaban J connectivity index is 0.000000490. The van der Waals surface area contributed by atoms with Crippen molar-refractivity contribution in [3.8, 4) is 0 Å². The molecule has 1 heterocycles. The van der Waals surface area contributed by atoms with Crippen LogP contribution < -0.4 is 0 Å². The van der Waals surface area contributed by atoms with Crippen LogP contribution >= 0.6 is 0 Å². The molecule has 0 saturated carbocycles. The first-order valence-corrected chi connectivity index (χ1v) is 2.27. The van der Waals surface area contributed by atoms with Crippen molar-refractivity contribution in [1.29, 1.82) is 0 Å². The zero-order chi connectivity index (χ0) is 5.11. The largest absolute Gasteiger partial charge is 3.00 e. The van der Waals surface area contributed by atoms with E-state index in [0.717, 1.165) is 5.69 Å². The Bertz CT molecular complexity index is 138. The van der Waals surface area contributed by atoms with Crippen LogP contribution in [0.5, 0.6) is 0 Å². The molecule has 1 nitrogen and oxygen atoms in total. The van der Waals surface area contributed by atoms with Crippen LogP contribution in [0.25, 0.3) is 0 Å². The molecule has 0 N–H and O–H groups in total. The van der Waals surface area contributed by atoms with Crippen LogP contribution in [0.15, 0.2) is 24.4 Å². The monoisotopic (exact) mass is 286 g/mol. The van der Waals surface area contributed by atoms with Crippen LogP contribution in [0.2, 0.25) is 0 Å². The second-order valence-electron chi connectivity index (χ2n) is 1.47. The summed E-state index contributed by atoms with van der Waals surface area (Å²) in [5, 5.41) is 0. The molecule has 0 spiro atoms. The van der Waals surface area contributed by atoms with Crippen LogP contribution in [0.4, 0.5) is 0 Å². The van der Waals surface area contributed by atoms with Crippen molar-refractivity contribution < 1.29 is 20.1 Å². The van der Waals surface area contributed by atoms with Gasteiger partial charge in [0.1, 0.15) is 0 Å². The summed E-state index contributed by atoms with van der Waals surface area (Å²) < 4.78 is 0. The molecule has 0 amide bonds. The van der Waals surface area contributed by atoms with Gasteiger partial charge in [0, 0.05) is 11.9 Å². The third-order valence-electron chi connectivity index (χ3n) is 0.813. The third kappa shape index (κ3) is 2.20. The van der Waals surface area contributed by atoms with Crippen LogP contribution in [0.3, 0.4) is 0 Å². The molecule has 0 aliphatic heterocycles. The van der Waals surface area contributed by atoms with E-state index in [9.17, 15) is 0 Å². The molecule has 0 saturated heterocycles. The minimum Gasteiger partial charge on any atom is -0.262 e. The first-order chi connectivity index (χ1) is 3.39. The molecular formula is C6H7IrN+3. The van der Waals surface area contributed by atoms with Crippen molar-refractivity contribution >= 4 is 0 Å². The van der Waals surface area contributed by atoms with Crippen LogP contribution in [0, 0.1) is 6.92 Å². The zero-order valence-corrected chi connectivity index (χ0v) is 6.99. The Morgan fingerprint density at radius 3 is 2.38 bits per heavy atom. The standard InChI is InChI=1S/C6H7N.Ir/c1-6-4-2-3-5-7-6;/h2-5H,1H3;/q;+3. The van der Waals surface area contributed by atoms with Gasteiger partial charge >= 0.3 is 20.1 Å². The molecule has 1 aromatic heterocycles. The van der Waals surface area contributed by atoms with Crippen LogP contribution in [-0.2, 0) is 20.1 Å². The molecule has 0 radical (unpaired) electrons. The van der Waals surface area contributed by atoms with Gasteiger partial charge in [-0.15, -0.1) is 0 Å². The van der Waals surface area contributed by atoms with Crippen LogP contribution in [-0.4, -0.2) is 4.98 Å². The molecule has 0 fully saturated rings. The maximum atomic E-state index is 3.98. The fourth-order valence-corrected chi connectivity index (χ4v) is 0.448. The molecule has 0 bridgehead atoms. The van der Waals surface area contributed by atoms with E-state index in [1.54, 1.807) is 6.20 Å². The number of hydrogen-bond acceptors (Lipinski definition) is 1. The van der Waals surface area contributed by atoms with Gasteiger partial charge in [0.15, 0.2) is 0 Å². The van der Waals surface area contributed by atoms with E-state index in [2.05, 4.69) is 4.98 Å². The van der Waals surface area contributed by atoms with E-state index in [-0.39, 0.29) is 20.1 Å². The third-order valence-corrected chi connectivity index (χ3v) is 0.813. The van der Waals surface area contributed by atoms with E-state index in [0.29, 0.717) is 0 Å². The summed E-state index contributed by atoms with van der Waals surface area (Å²) in [5.74, 6) is 0. The van der Waals surface area contributed by atoms with Crippen molar-refractivity contribution in [1.82, 2.24) is 4.98 Å². The van der Waals surface area contributed by atoms with Gasteiger partial charge in [0.05, 0.1) is 0 Å². The molecule has 0 atom stereocenters. The maximum absolute atomic E-state index is 3.98. The molecule has 0 aromatic carbocycles. The Kier molecular flexibility index (Phi) is 3.67. The molecule has 42 valence electrons. The summed E-state index contributed by atoms with van der Waals surface area (Å²) >= 11 is 0. The maximum Gasteiger partial charge on any atom is 3.00 e. The number of aromatic nitrogens is 1. The Morgan fingerprint density at radius 2 is 2.12 bits per heavy atom. The minimum absolute atomic E-state index is 0. The zero-order valence-electron chi connectivity index (χ0n) is 4.59. The average Bonchev–Trinajstić information content (AvgIpc) is 1.69. The number of nitrogens with zero attached hydrogens (tertiary/aromatic N) is 1.